The van der Waals surface area contributed by atoms with E-state index in [-0.39, 0.29) is 11.9 Å². The van der Waals surface area contributed by atoms with Crippen LogP contribution in [0.5, 0.6) is 5.75 Å². The van der Waals surface area contributed by atoms with Crippen LogP contribution >= 0.6 is 18.7 Å². The summed E-state index contributed by atoms with van der Waals surface area (Å²) >= 11 is 6.38. The number of carbonyl (C=O) groups is 1. The van der Waals surface area contributed by atoms with Gasteiger partial charge in [0.05, 0.1) is 37.9 Å². The number of halogens is 1. The van der Waals surface area contributed by atoms with E-state index >= 15 is 0 Å². The summed E-state index contributed by atoms with van der Waals surface area (Å²) in [4.78, 5) is 23.5. The fourth-order valence-corrected chi connectivity index (χ4v) is 5.27. The van der Waals surface area contributed by atoms with Crippen LogP contribution in [0.3, 0.4) is 0 Å². The Balaban J connectivity index is 1.48. The van der Waals surface area contributed by atoms with Gasteiger partial charge in [-0.25, -0.2) is 4.98 Å². The molecule has 2 heterocycles. The molecule has 1 aromatic heterocycles. The van der Waals surface area contributed by atoms with Crippen molar-refractivity contribution in [3.05, 3.63) is 65.8 Å². The van der Waals surface area contributed by atoms with Crippen LogP contribution in [0.25, 0.3) is 0 Å². The number of rotatable bonds is 10. The molecule has 2 aromatic carbocycles. The third-order valence-corrected chi connectivity index (χ3v) is 7.76. The summed E-state index contributed by atoms with van der Waals surface area (Å²) in [6.45, 7) is 7.24. The number of anilines is 5. The monoisotopic (exact) mass is 570 g/mol. The molecule has 3 N–H and O–H groups in total. The second-order valence-electron chi connectivity index (χ2n) is 9.23. The van der Waals surface area contributed by atoms with Crippen molar-refractivity contribution in [1.82, 2.24) is 14.9 Å². The zero-order chi connectivity index (χ0) is 27.8. The van der Waals surface area contributed by atoms with Gasteiger partial charge in [0.25, 0.3) is 0 Å². The Hall–Kier alpha value is -3.43. The van der Waals surface area contributed by atoms with Gasteiger partial charge in [-0.2, -0.15) is 4.98 Å². The Morgan fingerprint density at radius 2 is 1.92 bits per heavy atom. The number of nitrogens with one attached hydrogen (secondary N) is 3. The summed E-state index contributed by atoms with van der Waals surface area (Å²) < 4.78 is 23.6. The van der Waals surface area contributed by atoms with Gasteiger partial charge in [-0.15, -0.1) is 0 Å². The lowest BCUT2D eigenvalue weighted by Crippen LogP contribution is -2.36. The molecule has 0 spiro atoms. The molecule has 0 saturated carbocycles. The first kappa shape index (κ1) is 28.6. The van der Waals surface area contributed by atoms with Crippen LogP contribution in [0.15, 0.2) is 60.8 Å². The fourth-order valence-electron chi connectivity index (χ4n) is 3.97. The normalized spacial score (nSPS) is 14.3. The molecule has 0 aliphatic carbocycles. The minimum atomic E-state index is -2.55. The summed E-state index contributed by atoms with van der Waals surface area (Å²) in [6, 6.07) is 12.5. The number of carbonyl (C=O) groups excluding carboxylic acids is 1. The molecule has 4 rings (SSSR count). The summed E-state index contributed by atoms with van der Waals surface area (Å²) in [5, 5.41) is 10.2. The van der Waals surface area contributed by atoms with Crippen molar-refractivity contribution in [2.75, 3.05) is 69.2 Å². The quantitative estimate of drug-likeness (QED) is 0.235. The maximum Gasteiger partial charge on any atom is 0.248 e. The van der Waals surface area contributed by atoms with Gasteiger partial charge in [-0.3, -0.25) is 9.69 Å². The largest absolute Gasteiger partial charge is 0.495 e. The Bertz CT molecular complexity index is 1390. The predicted octanol–water partition coefficient (Wildman–Crippen LogP) is 4.70. The van der Waals surface area contributed by atoms with Crippen LogP contribution in [0, 0.1) is 0 Å². The Morgan fingerprint density at radius 1 is 1.15 bits per heavy atom. The Morgan fingerprint density at radius 3 is 2.67 bits per heavy atom. The third-order valence-electron chi connectivity index (χ3n) is 5.93. The molecule has 206 valence electrons. The minimum absolute atomic E-state index is 0.239. The van der Waals surface area contributed by atoms with Crippen molar-refractivity contribution in [2.24, 2.45) is 0 Å². The van der Waals surface area contributed by atoms with Crippen molar-refractivity contribution >= 4 is 58.8 Å². The maximum absolute atomic E-state index is 12.8. The van der Waals surface area contributed by atoms with E-state index in [1.54, 1.807) is 38.6 Å². The second-order valence-corrected chi connectivity index (χ2v) is 12.8. The molecule has 1 aliphatic rings. The number of nitrogens with zero attached hydrogens (tertiary/aromatic N) is 3. The zero-order valence-electron chi connectivity index (χ0n) is 22.1. The van der Waals surface area contributed by atoms with Gasteiger partial charge in [0.15, 0.2) is 5.82 Å². The average Bonchev–Trinajstić information content (AvgIpc) is 2.91. The number of hydrogen-bond donors (Lipinski definition) is 3. The molecule has 0 atom stereocenters. The van der Waals surface area contributed by atoms with Gasteiger partial charge in [-0.05, 0) is 43.7 Å². The molecule has 3 aromatic rings. The summed E-state index contributed by atoms with van der Waals surface area (Å²) in [6.07, 6.45) is 4.83. The van der Waals surface area contributed by atoms with Crippen LogP contribution in [0.2, 0.25) is 5.02 Å². The number of methoxy groups -OCH3 is 1. The maximum atomic E-state index is 12.8. The third kappa shape index (κ3) is 8.03. The van der Waals surface area contributed by atoms with Gasteiger partial charge >= 0.3 is 0 Å². The molecule has 0 bridgehead atoms. The molecule has 1 amide bonds. The van der Waals surface area contributed by atoms with Crippen LogP contribution in [0.4, 0.5) is 28.8 Å². The van der Waals surface area contributed by atoms with Crippen molar-refractivity contribution in [1.29, 1.82) is 0 Å². The van der Waals surface area contributed by atoms with Gasteiger partial charge in [0, 0.05) is 36.7 Å². The van der Waals surface area contributed by atoms with Crippen molar-refractivity contribution in [3.8, 4) is 5.75 Å². The highest BCUT2D eigenvalue weighted by molar-refractivity contribution is 7.70. The summed E-state index contributed by atoms with van der Waals surface area (Å²) in [7, 11) is -0.996. The van der Waals surface area contributed by atoms with Gasteiger partial charge < -0.3 is 30.0 Å². The molecule has 12 heteroatoms. The molecule has 1 saturated heterocycles. The van der Waals surface area contributed by atoms with Crippen LogP contribution < -0.4 is 26.0 Å². The first-order chi connectivity index (χ1) is 18.7. The lowest BCUT2D eigenvalue weighted by atomic mass is 10.2. The zero-order valence-corrected chi connectivity index (χ0v) is 23.8. The number of benzene rings is 2. The Labute approximate surface area is 233 Å². The number of morpholine rings is 1. The highest BCUT2D eigenvalue weighted by Crippen LogP contribution is 2.39. The summed E-state index contributed by atoms with van der Waals surface area (Å²) in [5.74, 6) is 0.898. The molecule has 0 radical (unpaired) electrons. The van der Waals surface area contributed by atoms with E-state index in [2.05, 4.69) is 30.8 Å². The number of para-hydroxylation sites is 1. The van der Waals surface area contributed by atoms with E-state index in [1.165, 1.54) is 12.3 Å². The van der Waals surface area contributed by atoms with Crippen LogP contribution in [-0.2, 0) is 14.1 Å². The molecule has 1 fully saturated rings. The minimum Gasteiger partial charge on any atom is -0.495 e. The smallest absolute Gasteiger partial charge is 0.248 e. The predicted molar refractivity (Wildman–Crippen MR) is 157 cm³/mol. The van der Waals surface area contributed by atoms with Crippen molar-refractivity contribution in [3.63, 3.8) is 0 Å². The molecule has 1 aliphatic heterocycles. The van der Waals surface area contributed by atoms with Gasteiger partial charge in [-0.1, -0.05) is 29.8 Å². The lowest BCUT2D eigenvalue weighted by Gasteiger charge is -2.25. The van der Waals surface area contributed by atoms with Crippen LogP contribution in [-0.4, -0.2) is 74.1 Å². The summed E-state index contributed by atoms with van der Waals surface area (Å²) in [5.41, 5.74) is 1.77. The number of amides is 1. The van der Waals surface area contributed by atoms with Crippen molar-refractivity contribution in [2.45, 2.75) is 0 Å². The van der Waals surface area contributed by atoms with Crippen molar-refractivity contribution < 1.29 is 18.8 Å². The standard InChI is InChI=1S/C27H32ClN6O4P/c1-37-23-11-10-19(30-25(35)9-6-12-34-13-15-38-16-14-34)17-22(23)32-27-29-18-20(28)26(33-27)31-21-7-4-5-8-24(21)39(2,3)36/h4-11,17-18H,12-16H2,1-3H3,(H,30,35)(H2,29,31,32,33). The van der Waals surface area contributed by atoms with Gasteiger partial charge in [0.1, 0.15) is 17.9 Å². The van der Waals surface area contributed by atoms with E-state index in [0.717, 1.165) is 13.1 Å². The first-order valence-corrected chi connectivity index (χ1v) is 15.4. The molecule has 0 unspecified atom stereocenters. The number of aromatic nitrogens is 2. The fraction of sp³-hybridized carbons (Fsp3) is 0.296. The second kappa shape index (κ2) is 13.1. The highest BCUT2D eigenvalue weighted by atomic mass is 35.5. The van der Waals surface area contributed by atoms with E-state index in [1.807, 2.05) is 30.3 Å². The average molecular weight is 571 g/mol. The Kier molecular flexibility index (Phi) is 9.59. The van der Waals surface area contributed by atoms with Crippen LogP contribution in [0.1, 0.15) is 0 Å². The first-order valence-electron chi connectivity index (χ1n) is 12.4. The van der Waals surface area contributed by atoms with E-state index in [4.69, 9.17) is 21.1 Å². The molecular formula is C27H32ClN6O4P. The number of ether oxygens (including phenoxy) is 2. The van der Waals surface area contributed by atoms with E-state index in [9.17, 15) is 9.36 Å². The molecular weight excluding hydrogens is 539 g/mol. The van der Waals surface area contributed by atoms with E-state index in [0.29, 0.717) is 58.7 Å². The topological polar surface area (TPSA) is 118 Å². The highest BCUT2D eigenvalue weighted by Gasteiger charge is 2.17. The number of hydrogen-bond acceptors (Lipinski definition) is 9. The SMILES string of the molecule is COc1ccc(NC(=O)C=CCN2CCOCC2)cc1Nc1ncc(Cl)c(Nc2ccccc2P(C)(C)=O)n1. The lowest BCUT2D eigenvalue weighted by molar-refractivity contribution is -0.111. The molecule has 10 nitrogen and oxygen atoms in total. The van der Waals surface area contributed by atoms with Gasteiger partial charge in [0.2, 0.25) is 11.9 Å². The van der Waals surface area contributed by atoms with E-state index < -0.39 is 7.14 Å². The molecule has 39 heavy (non-hydrogen) atoms.